The van der Waals surface area contributed by atoms with Gasteiger partial charge in [-0.1, -0.05) is 36.8 Å². The summed E-state index contributed by atoms with van der Waals surface area (Å²) in [6.45, 7) is 3.44. The number of hydrogen-bond acceptors (Lipinski definition) is 4. The minimum Gasteiger partial charge on any atom is -0.389 e. The molecule has 0 bridgehead atoms. The monoisotopic (exact) mass is 292 g/mol. The zero-order valence-corrected chi connectivity index (χ0v) is 12.8. The Hall–Kier alpha value is -0.940. The summed E-state index contributed by atoms with van der Waals surface area (Å²) in [6, 6.07) is 10.6. The van der Waals surface area contributed by atoms with Crippen molar-refractivity contribution in [2.45, 2.75) is 44.4 Å². The van der Waals surface area contributed by atoms with Gasteiger partial charge in [-0.15, -0.1) is 0 Å². The average Bonchev–Trinajstić information content (AvgIpc) is 2.50. The van der Waals surface area contributed by atoms with Gasteiger partial charge in [0, 0.05) is 12.6 Å². The van der Waals surface area contributed by atoms with Crippen LogP contribution in [-0.2, 0) is 11.3 Å². The first kappa shape index (κ1) is 16.4. The van der Waals surface area contributed by atoms with E-state index in [0.717, 1.165) is 25.1 Å². The van der Waals surface area contributed by atoms with Crippen LogP contribution >= 0.6 is 0 Å². The summed E-state index contributed by atoms with van der Waals surface area (Å²) in [5.41, 5.74) is 6.83. The van der Waals surface area contributed by atoms with Crippen molar-refractivity contribution in [3.05, 3.63) is 35.9 Å². The van der Waals surface area contributed by atoms with Crippen LogP contribution in [0, 0.1) is 0 Å². The third-order valence-electron chi connectivity index (χ3n) is 4.12. The standard InChI is InChI=1S/C17H28N2O2/c18-10-9-16-8-4-5-11-19(16)12-17(20)14-21-13-15-6-2-1-3-7-15/h1-3,6-7,16-17,20H,4-5,8-14,18H2. The number of nitrogens with two attached hydrogens (primary N) is 1. The fourth-order valence-corrected chi connectivity index (χ4v) is 3.03. The van der Waals surface area contributed by atoms with Crippen molar-refractivity contribution >= 4 is 0 Å². The third kappa shape index (κ3) is 5.75. The van der Waals surface area contributed by atoms with Gasteiger partial charge in [-0.25, -0.2) is 0 Å². The number of piperidine rings is 1. The molecule has 0 aromatic heterocycles. The lowest BCUT2D eigenvalue weighted by Crippen LogP contribution is -2.45. The highest BCUT2D eigenvalue weighted by atomic mass is 16.5. The molecular weight excluding hydrogens is 264 g/mol. The van der Waals surface area contributed by atoms with Gasteiger partial charge in [0.1, 0.15) is 0 Å². The zero-order valence-electron chi connectivity index (χ0n) is 12.8. The first-order valence-electron chi connectivity index (χ1n) is 8.03. The molecule has 118 valence electrons. The number of benzene rings is 1. The fourth-order valence-electron chi connectivity index (χ4n) is 3.03. The van der Waals surface area contributed by atoms with E-state index in [-0.39, 0.29) is 0 Å². The van der Waals surface area contributed by atoms with Crippen LogP contribution in [0.25, 0.3) is 0 Å². The lowest BCUT2D eigenvalue weighted by molar-refractivity contribution is -0.00403. The Bertz CT molecular complexity index is 384. The molecule has 1 aromatic carbocycles. The molecule has 1 aliphatic heterocycles. The number of rotatable bonds is 8. The second-order valence-electron chi connectivity index (χ2n) is 5.88. The van der Waals surface area contributed by atoms with Crippen LogP contribution in [0.3, 0.4) is 0 Å². The minimum atomic E-state index is -0.424. The smallest absolute Gasteiger partial charge is 0.0900 e. The predicted octanol–water partition coefficient (Wildman–Crippen LogP) is 1.77. The van der Waals surface area contributed by atoms with Crippen LogP contribution < -0.4 is 5.73 Å². The molecule has 0 spiro atoms. The van der Waals surface area contributed by atoms with Crippen molar-refractivity contribution in [3.8, 4) is 0 Å². The summed E-state index contributed by atoms with van der Waals surface area (Å²) in [4.78, 5) is 2.38. The molecule has 4 heteroatoms. The Balaban J connectivity index is 1.69. The minimum absolute atomic E-state index is 0.390. The largest absolute Gasteiger partial charge is 0.389 e. The number of likely N-dealkylation sites (tertiary alicyclic amines) is 1. The molecule has 1 heterocycles. The topological polar surface area (TPSA) is 58.7 Å². The number of ether oxygens (including phenoxy) is 1. The van der Waals surface area contributed by atoms with Crippen molar-refractivity contribution in [3.63, 3.8) is 0 Å². The van der Waals surface area contributed by atoms with Gasteiger partial charge in [0.25, 0.3) is 0 Å². The second kappa shape index (κ2) is 9.15. The molecule has 3 N–H and O–H groups in total. The Morgan fingerprint density at radius 1 is 1.29 bits per heavy atom. The summed E-state index contributed by atoms with van der Waals surface area (Å²) in [5.74, 6) is 0. The van der Waals surface area contributed by atoms with E-state index in [1.165, 1.54) is 19.3 Å². The van der Waals surface area contributed by atoms with Gasteiger partial charge in [0.15, 0.2) is 0 Å². The van der Waals surface area contributed by atoms with Crippen LogP contribution in [0.1, 0.15) is 31.2 Å². The molecule has 4 nitrogen and oxygen atoms in total. The van der Waals surface area contributed by atoms with E-state index in [0.29, 0.717) is 25.8 Å². The second-order valence-corrected chi connectivity index (χ2v) is 5.88. The highest BCUT2D eigenvalue weighted by molar-refractivity contribution is 5.13. The van der Waals surface area contributed by atoms with E-state index in [4.69, 9.17) is 10.5 Å². The summed E-state index contributed by atoms with van der Waals surface area (Å²) < 4.78 is 5.62. The Labute approximate surface area is 127 Å². The van der Waals surface area contributed by atoms with Crippen molar-refractivity contribution in [2.75, 3.05) is 26.2 Å². The Kier molecular flexibility index (Phi) is 7.16. The first-order valence-corrected chi connectivity index (χ1v) is 8.03. The number of β-amino-alcohol motifs (C(OH)–C–C–N with tert-alkyl or cyclic N) is 1. The van der Waals surface area contributed by atoms with Gasteiger partial charge in [-0.2, -0.15) is 0 Å². The van der Waals surface area contributed by atoms with Crippen LogP contribution in [0.15, 0.2) is 30.3 Å². The van der Waals surface area contributed by atoms with Crippen LogP contribution in [0.4, 0.5) is 0 Å². The maximum Gasteiger partial charge on any atom is 0.0900 e. The molecular formula is C17H28N2O2. The van der Waals surface area contributed by atoms with E-state index in [1.54, 1.807) is 0 Å². The van der Waals surface area contributed by atoms with Crippen LogP contribution in [0.2, 0.25) is 0 Å². The van der Waals surface area contributed by atoms with Gasteiger partial charge in [-0.3, -0.25) is 4.90 Å². The number of aliphatic hydroxyl groups excluding tert-OH is 1. The van der Waals surface area contributed by atoms with Crippen LogP contribution in [0.5, 0.6) is 0 Å². The molecule has 1 saturated heterocycles. The molecule has 2 rings (SSSR count). The van der Waals surface area contributed by atoms with E-state index in [2.05, 4.69) is 4.90 Å². The maximum absolute atomic E-state index is 10.2. The Morgan fingerprint density at radius 2 is 2.10 bits per heavy atom. The molecule has 0 saturated carbocycles. The van der Waals surface area contributed by atoms with Crippen molar-refractivity contribution in [1.29, 1.82) is 0 Å². The summed E-state index contributed by atoms with van der Waals surface area (Å²) in [7, 11) is 0. The van der Waals surface area contributed by atoms with Crippen molar-refractivity contribution in [2.24, 2.45) is 5.73 Å². The Morgan fingerprint density at radius 3 is 2.86 bits per heavy atom. The highest BCUT2D eigenvalue weighted by Crippen LogP contribution is 2.19. The number of nitrogens with zero attached hydrogens (tertiary/aromatic N) is 1. The average molecular weight is 292 g/mol. The molecule has 0 radical (unpaired) electrons. The van der Waals surface area contributed by atoms with Crippen LogP contribution in [-0.4, -0.2) is 48.4 Å². The van der Waals surface area contributed by atoms with Gasteiger partial charge in [0.05, 0.1) is 19.3 Å². The van der Waals surface area contributed by atoms with E-state index in [9.17, 15) is 5.11 Å². The SMILES string of the molecule is NCCC1CCCCN1CC(O)COCc1ccccc1. The summed E-state index contributed by atoms with van der Waals surface area (Å²) in [5, 5.41) is 10.2. The molecule has 1 aliphatic rings. The lowest BCUT2D eigenvalue weighted by Gasteiger charge is -2.36. The molecule has 2 unspecified atom stereocenters. The first-order chi connectivity index (χ1) is 10.3. The van der Waals surface area contributed by atoms with Gasteiger partial charge in [0.2, 0.25) is 0 Å². The number of aliphatic hydroxyl groups is 1. The van der Waals surface area contributed by atoms with E-state index < -0.39 is 6.10 Å². The highest BCUT2D eigenvalue weighted by Gasteiger charge is 2.23. The normalized spacial score (nSPS) is 21.3. The van der Waals surface area contributed by atoms with Gasteiger partial charge >= 0.3 is 0 Å². The molecule has 21 heavy (non-hydrogen) atoms. The van der Waals surface area contributed by atoms with E-state index >= 15 is 0 Å². The van der Waals surface area contributed by atoms with E-state index in [1.807, 2.05) is 30.3 Å². The quantitative estimate of drug-likeness (QED) is 0.766. The number of hydrogen-bond donors (Lipinski definition) is 2. The maximum atomic E-state index is 10.2. The fraction of sp³-hybridized carbons (Fsp3) is 0.647. The molecule has 0 aliphatic carbocycles. The van der Waals surface area contributed by atoms with Crippen molar-refractivity contribution < 1.29 is 9.84 Å². The zero-order chi connectivity index (χ0) is 14.9. The molecule has 2 atom stereocenters. The lowest BCUT2D eigenvalue weighted by atomic mass is 9.99. The summed E-state index contributed by atoms with van der Waals surface area (Å²) >= 11 is 0. The van der Waals surface area contributed by atoms with Gasteiger partial charge in [-0.05, 0) is 37.9 Å². The molecule has 1 fully saturated rings. The molecule has 1 aromatic rings. The predicted molar refractivity (Wildman–Crippen MR) is 85.0 cm³/mol. The van der Waals surface area contributed by atoms with Gasteiger partial charge < -0.3 is 15.6 Å². The molecule has 0 amide bonds. The summed E-state index contributed by atoms with van der Waals surface area (Å²) in [6.07, 6.45) is 4.30. The third-order valence-corrected chi connectivity index (χ3v) is 4.12. The van der Waals surface area contributed by atoms with Crippen molar-refractivity contribution in [1.82, 2.24) is 4.90 Å².